The second-order valence-corrected chi connectivity index (χ2v) is 8.32. The molecule has 3 atom stereocenters. The molecule has 160 valence electrons. The fourth-order valence-corrected chi connectivity index (χ4v) is 4.19. The number of carbonyl (C=O) groups is 1. The third-order valence-electron chi connectivity index (χ3n) is 5.81. The van der Waals surface area contributed by atoms with Crippen molar-refractivity contribution in [3.05, 3.63) is 29.3 Å². The number of aryl methyl sites for hydroxylation is 1. The summed E-state index contributed by atoms with van der Waals surface area (Å²) in [6.45, 7) is 6.91. The van der Waals surface area contributed by atoms with Crippen LogP contribution in [0, 0.1) is 18.8 Å². The van der Waals surface area contributed by atoms with Crippen molar-refractivity contribution in [3.8, 4) is 5.75 Å². The van der Waals surface area contributed by atoms with Crippen molar-refractivity contribution in [2.45, 2.75) is 64.8 Å². The van der Waals surface area contributed by atoms with Gasteiger partial charge in [-0.25, -0.2) is 0 Å². The average Bonchev–Trinajstić information content (AvgIpc) is 2.95. The predicted molar refractivity (Wildman–Crippen MR) is 103 cm³/mol. The first kappa shape index (κ1) is 21.6. The van der Waals surface area contributed by atoms with Gasteiger partial charge in [0.2, 0.25) is 0 Å². The van der Waals surface area contributed by atoms with Crippen LogP contribution in [0.5, 0.6) is 5.75 Å². The molecule has 0 bridgehead atoms. The molecular formula is C21H27F3N2O3. The van der Waals surface area contributed by atoms with Gasteiger partial charge in [0.1, 0.15) is 5.75 Å². The van der Waals surface area contributed by atoms with E-state index in [1.807, 2.05) is 32.9 Å². The van der Waals surface area contributed by atoms with E-state index in [0.717, 1.165) is 11.1 Å². The van der Waals surface area contributed by atoms with Crippen LogP contribution in [0.4, 0.5) is 13.2 Å². The molecule has 1 aromatic carbocycles. The number of carbonyl (C=O) groups excluding carboxylic acids is 1. The summed E-state index contributed by atoms with van der Waals surface area (Å²) in [4.78, 5) is 12.7. The second-order valence-electron chi connectivity index (χ2n) is 8.32. The second kappa shape index (κ2) is 7.63. The molecule has 2 aliphatic rings. The zero-order valence-corrected chi connectivity index (χ0v) is 17.1. The SMILES string of the molecule is Cc1ccc(C(C)C)c(OCC(=O)N2N=C3[C@H](C)CCC[C@@H]3[C@@]2(O)C(F)(F)F)c1. The molecule has 29 heavy (non-hydrogen) atoms. The zero-order valence-electron chi connectivity index (χ0n) is 17.1. The summed E-state index contributed by atoms with van der Waals surface area (Å²) >= 11 is 0. The Morgan fingerprint density at radius 1 is 1.38 bits per heavy atom. The van der Waals surface area contributed by atoms with E-state index in [1.165, 1.54) is 0 Å². The molecule has 1 N–H and O–H groups in total. The summed E-state index contributed by atoms with van der Waals surface area (Å²) in [5, 5.41) is 14.8. The quantitative estimate of drug-likeness (QED) is 0.798. The molecule has 0 spiro atoms. The highest BCUT2D eigenvalue weighted by atomic mass is 19.4. The van der Waals surface area contributed by atoms with Gasteiger partial charge in [-0.15, -0.1) is 0 Å². The number of hydrazone groups is 1. The van der Waals surface area contributed by atoms with E-state index in [9.17, 15) is 23.1 Å². The summed E-state index contributed by atoms with van der Waals surface area (Å²) < 4.78 is 47.2. The smallest absolute Gasteiger partial charge is 0.439 e. The van der Waals surface area contributed by atoms with E-state index in [4.69, 9.17) is 4.74 Å². The van der Waals surface area contributed by atoms with Gasteiger partial charge in [-0.05, 0) is 48.8 Å². The van der Waals surface area contributed by atoms with Gasteiger partial charge >= 0.3 is 6.18 Å². The maximum absolute atomic E-state index is 13.9. The van der Waals surface area contributed by atoms with Crippen molar-refractivity contribution < 1.29 is 27.8 Å². The molecule has 8 heteroatoms. The van der Waals surface area contributed by atoms with Gasteiger partial charge in [0.25, 0.3) is 11.6 Å². The van der Waals surface area contributed by atoms with Crippen molar-refractivity contribution >= 4 is 11.6 Å². The molecule has 1 amide bonds. The minimum atomic E-state index is -5.03. The molecule has 1 aromatic rings. The van der Waals surface area contributed by atoms with Gasteiger partial charge in [-0.3, -0.25) is 4.79 Å². The molecule has 1 heterocycles. The van der Waals surface area contributed by atoms with Gasteiger partial charge in [-0.1, -0.05) is 39.3 Å². The molecule has 0 radical (unpaired) electrons. The van der Waals surface area contributed by atoms with Crippen molar-refractivity contribution in [3.63, 3.8) is 0 Å². The van der Waals surface area contributed by atoms with Crippen LogP contribution in [0.25, 0.3) is 0 Å². The molecule has 1 saturated carbocycles. The van der Waals surface area contributed by atoms with Crippen LogP contribution in [0.2, 0.25) is 0 Å². The summed E-state index contributed by atoms with van der Waals surface area (Å²) in [5.41, 5.74) is -1.33. The number of fused-ring (bicyclic) bond motifs is 1. The summed E-state index contributed by atoms with van der Waals surface area (Å²) in [7, 11) is 0. The average molecular weight is 412 g/mol. The number of halogens is 3. The normalized spacial score (nSPS) is 27.1. The highest BCUT2D eigenvalue weighted by Gasteiger charge is 2.69. The molecule has 0 aromatic heterocycles. The van der Waals surface area contributed by atoms with E-state index in [-0.39, 0.29) is 29.0 Å². The standard InChI is InChI=1S/C21H27F3N2O3/c1-12(2)15-9-8-13(3)10-17(15)29-11-18(27)26-20(28,21(22,23)24)16-7-5-6-14(4)19(16)25-26/h8-10,12,14,16,28H,5-7,11H2,1-4H3/t14-,16+,20-/m1/s1. The summed E-state index contributed by atoms with van der Waals surface area (Å²) in [5.74, 6) is -1.91. The lowest BCUT2D eigenvalue weighted by Gasteiger charge is -2.38. The summed E-state index contributed by atoms with van der Waals surface area (Å²) in [6, 6.07) is 5.53. The van der Waals surface area contributed by atoms with E-state index in [0.29, 0.717) is 18.6 Å². The lowest BCUT2D eigenvalue weighted by atomic mass is 9.75. The first-order valence-electron chi connectivity index (χ1n) is 9.90. The van der Waals surface area contributed by atoms with Crippen molar-refractivity contribution in [1.29, 1.82) is 0 Å². The number of rotatable bonds is 4. The third-order valence-corrected chi connectivity index (χ3v) is 5.81. The van der Waals surface area contributed by atoms with Gasteiger partial charge < -0.3 is 9.84 Å². The third kappa shape index (κ3) is 3.74. The molecule has 3 rings (SSSR count). The van der Waals surface area contributed by atoms with Crippen LogP contribution >= 0.6 is 0 Å². The zero-order chi connectivity index (χ0) is 21.6. The fourth-order valence-electron chi connectivity index (χ4n) is 4.19. The highest BCUT2D eigenvalue weighted by Crippen LogP contribution is 2.49. The lowest BCUT2D eigenvalue weighted by Crippen LogP contribution is -2.62. The van der Waals surface area contributed by atoms with Crippen molar-refractivity contribution in [2.24, 2.45) is 16.9 Å². The van der Waals surface area contributed by atoms with Crippen LogP contribution in [0.3, 0.4) is 0 Å². The molecule has 5 nitrogen and oxygen atoms in total. The van der Waals surface area contributed by atoms with Crippen LogP contribution in [-0.2, 0) is 4.79 Å². The Morgan fingerprint density at radius 2 is 2.07 bits per heavy atom. The van der Waals surface area contributed by atoms with Crippen LogP contribution in [0.1, 0.15) is 57.1 Å². The predicted octanol–water partition coefficient (Wildman–Crippen LogP) is 4.38. The van der Waals surface area contributed by atoms with Crippen molar-refractivity contribution in [1.82, 2.24) is 5.01 Å². The highest BCUT2D eigenvalue weighted by molar-refractivity contribution is 5.95. The Bertz CT molecular complexity index is 822. The van der Waals surface area contributed by atoms with E-state index in [1.54, 1.807) is 13.0 Å². The first-order chi connectivity index (χ1) is 13.5. The maximum atomic E-state index is 13.9. The molecule has 1 fully saturated rings. The largest absolute Gasteiger partial charge is 0.483 e. The van der Waals surface area contributed by atoms with Gasteiger partial charge in [0.15, 0.2) is 6.61 Å². The van der Waals surface area contributed by atoms with Crippen LogP contribution in [0.15, 0.2) is 23.3 Å². The first-order valence-corrected chi connectivity index (χ1v) is 9.90. The Kier molecular flexibility index (Phi) is 5.69. The topological polar surface area (TPSA) is 62.1 Å². The van der Waals surface area contributed by atoms with E-state index in [2.05, 4.69) is 5.10 Å². The minimum Gasteiger partial charge on any atom is -0.483 e. The Morgan fingerprint density at radius 3 is 2.69 bits per heavy atom. The number of hydrogen-bond acceptors (Lipinski definition) is 4. The fraction of sp³-hybridized carbons (Fsp3) is 0.619. The number of aliphatic hydroxyl groups is 1. The minimum absolute atomic E-state index is 0.114. The number of hydrogen-bond donors (Lipinski definition) is 1. The maximum Gasteiger partial charge on any atom is 0.439 e. The Labute approximate surface area is 168 Å². The van der Waals surface area contributed by atoms with Crippen molar-refractivity contribution in [2.75, 3.05) is 6.61 Å². The van der Waals surface area contributed by atoms with Crippen LogP contribution < -0.4 is 4.74 Å². The molecule has 1 aliphatic heterocycles. The lowest BCUT2D eigenvalue weighted by molar-refractivity contribution is -0.317. The van der Waals surface area contributed by atoms with Gasteiger partial charge in [0, 0.05) is 5.71 Å². The van der Waals surface area contributed by atoms with Gasteiger partial charge in [0.05, 0.1) is 5.92 Å². The molecule has 0 unspecified atom stereocenters. The number of amides is 1. The number of nitrogens with zero attached hydrogens (tertiary/aromatic N) is 2. The van der Waals surface area contributed by atoms with E-state index >= 15 is 0 Å². The molecule has 0 saturated heterocycles. The van der Waals surface area contributed by atoms with E-state index < -0.39 is 30.3 Å². The summed E-state index contributed by atoms with van der Waals surface area (Å²) in [6.07, 6.45) is -3.66. The Hall–Kier alpha value is -2.09. The Balaban J connectivity index is 1.87. The number of ether oxygens (including phenoxy) is 1. The number of benzene rings is 1. The molecule has 1 aliphatic carbocycles. The monoisotopic (exact) mass is 412 g/mol. The van der Waals surface area contributed by atoms with Crippen LogP contribution in [-0.4, -0.2) is 40.2 Å². The molecular weight excluding hydrogens is 385 g/mol. The number of alkyl halides is 3. The van der Waals surface area contributed by atoms with Gasteiger partial charge in [-0.2, -0.15) is 23.3 Å².